The number of nitrogens with one attached hydrogen (secondary N) is 2. The Bertz CT molecular complexity index is 871. The lowest BCUT2D eigenvalue weighted by molar-refractivity contribution is -0.141. The highest BCUT2D eigenvalue weighted by Gasteiger charge is 2.21. The van der Waals surface area contributed by atoms with E-state index in [4.69, 9.17) is 0 Å². The number of hydrogen-bond donors (Lipinski definition) is 3. The second kappa shape index (κ2) is 9.44. The molecule has 0 bridgehead atoms. The van der Waals surface area contributed by atoms with Crippen molar-refractivity contribution >= 4 is 40.2 Å². The minimum Gasteiger partial charge on any atom is -0.480 e. The number of thioether (sulfide) groups is 1. The average Bonchev–Trinajstić information content (AvgIpc) is 2.65. The number of pyridine rings is 1. The van der Waals surface area contributed by atoms with Crippen molar-refractivity contribution in [1.29, 1.82) is 5.26 Å². The first kappa shape index (κ1) is 19.3. The minimum absolute atomic E-state index is 0.215. The molecule has 0 spiro atoms. The summed E-state index contributed by atoms with van der Waals surface area (Å²) < 4.78 is 0. The first-order valence-corrected chi connectivity index (χ1v) is 9.19. The van der Waals surface area contributed by atoms with Crippen LogP contribution in [0.3, 0.4) is 0 Å². The van der Waals surface area contributed by atoms with E-state index in [1.165, 1.54) is 18.0 Å². The van der Waals surface area contributed by atoms with E-state index >= 15 is 0 Å². The molecule has 8 heteroatoms. The van der Waals surface area contributed by atoms with E-state index in [2.05, 4.69) is 15.6 Å². The van der Waals surface area contributed by atoms with Crippen molar-refractivity contribution in [3.63, 3.8) is 0 Å². The lowest BCUT2D eigenvalue weighted by Gasteiger charge is -2.13. The molecule has 134 valence electrons. The Labute approximate surface area is 155 Å². The van der Waals surface area contributed by atoms with Gasteiger partial charge in [0.15, 0.2) is 0 Å². The van der Waals surface area contributed by atoms with Crippen LogP contribution in [0.4, 0.5) is 5.69 Å². The number of fused-ring (bicyclic) bond motifs is 1. The Hall–Kier alpha value is -3.05. The summed E-state index contributed by atoms with van der Waals surface area (Å²) in [6.07, 6.45) is 5.04. The van der Waals surface area contributed by atoms with Gasteiger partial charge in [-0.05, 0) is 30.6 Å². The standard InChI is InChI=1S/C18H18N4O3S/c1-26-9-7-15(18(24)25)22-17(23)13(10-19)11-21-14-6-2-4-12-5-3-8-20-16(12)14/h2-6,8,11,15,21H,7,9H2,1H3,(H,22,23)(H,24,25)/b13-11-. The van der Waals surface area contributed by atoms with Crippen molar-refractivity contribution in [2.45, 2.75) is 12.5 Å². The van der Waals surface area contributed by atoms with Crippen LogP contribution in [0.5, 0.6) is 0 Å². The summed E-state index contributed by atoms with van der Waals surface area (Å²) in [7, 11) is 0. The summed E-state index contributed by atoms with van der Waals surface area (Å²) in [4.78, 5) is 27.7. The maximum Gasteiger partial charge on any atom is 0.326 e. The molecule has 1 atom stereocenters. The van der Waals surface area contributed by atoms with Crippen LogP contribution < -0.4 is 10.6 Å². The molecule has 2 rings (SSSR count). The fourth-order valence-corrected chi connectivity index (χ4v) is 2.72. The van der Waals surface area contributed by atoms with Gasteiger partial charge in [0.2, 0.25) is 0 Å². The number of carboxylic acids is 1. The number of para-hydroxylation sites is 1. The van der Waals surface area contributed by atoms with E-state index in [0.29, 0.717) is 17.0 Å². The fourth-order valence-electron chi connectivity index (χ4n) is 2.25. The molecule has 0 aliphatic rings. The number of carbonyl (C=O) groups is 2. The Kier molecular flexibility index (Phi) is 7.00. The molecule has 1 aromatic carbocycles. The second-order valence-electron chi connectivity index (χ2n) is 5.34. The van der Waals surface area contributed by atoms with Gasteiger partial charge >= 0.3 is 5.97 Å². The third-order valence-corrected chi connectivity index (χ3v) is 4.23. The Balaban J connectivity index is 2.15. The van der Waals surface area contributed by atoms with Gasteiger partial charge in [-0.3, -0.25) is 9.78 Å². The molecular weight excluding hydrogens is 352 g/mol. The maximum absolute atomic E-state index is 12.2. The van der Waals surface area contributed by atoms with Crippen LogP contribution >= 0.6 is 11.8 Å². The van der Waals surface area contributed by atoms with Crippen LogP contribution in [0.25, 0.3) is 10.9 Å². The van der Waals surface area contributed by atoms with Crippen molar-refractivity contribution in [1.82, 2.24) is 10.3 Å². The third-order valence-electron chi connectivity index (χ3n) is 3.58. The summed E-state index contributed by atoms with van der Waals surface area (Å²) in [5, 5.41) is 24.6. The number of aliphatic carboxylic acids is 1. The molecule has 0 radical (unpaired) electrons. The van der Waals surface area contributed by atoms with Crippen LogP contribution in [0.2, 0.25) is 0 Å². The monoisotopic (exact) mass is 370 g/mol. The molecule has 3 N–H and O–H groups in total. The molecular formula is C18H18N4O3S. The van der Waals surface area contributed by atoms with E-state index in [1.807, 2.05) is 30.5 Å². The largest absolute Gasteiger partial charge is 0.480 e. The van der Waals surface area contributed by atoms with Crippen LogP contribution in [-0.2, 0) is 9.59 Å². The SMILES string of the molecule is CSCCC(NC(=O)/C(C#N)=C\Nc1cccc2cccnc12)C(=O)O. The topological polar surface area (TPSA) is 115 Å². The number of carbonyl (C=O) groups excluding carboxylic acids is 1. The van der Waals surface area contributed by atoms with Gasteiger partial charge in [0.25, 0.3) is 5.91 Å². The molecule has 1 amide bonds. The van der Waals surface area contributed by atoms with Gasteiger partial charge in [-0.2, -0.15) is 17.0 Å². The Morgan fingerprint density at radius 3 is 2.85 bits per heavy atom. The lowest BCUT2D eigenvalue weighted by atomic mass is 10.2. The van der Waals surface area contributed by atoms with E-state index in [-0.39, 0.29) is 12.0 Å². The number of nitrogens with zero attached hydrogens (tertiary/aromatic N) is 2. The Morgan fingerprint density at radius 1 is 1.38 bits per heavy atom. The quantitative estimate of drug-likeness (QED) is 0.483. The highest BCUT2D eigenvalue weighted by Crippen LogP contribution is 2.20. The average molecular weight is 370 g/mol. The lowest BCUT2D eigenvalue weighted by Crippen LogP contribution is -2.41. The minimum atomic E-state index is -1.13. The molecule has 0 aliphatic heterocycles. The van der Waals surface area contributed by atoms with Gasteiger partial charge in [-0.1, -0.05) is 18.2 Å². The third kappa shape index (κ3) is 4.97. The zero-order chi connectivity index (χ0) is 18.9. The van der Waals surface area contributed by atoms with Crippen LogP contribution in [0.1, 0.15) is 6.42 Å². The van der Waals surface area contributed by atoms with Gasteiger partial charge in [0.1, 0.15) is 17.7 Å². The number of anilines is 1. The number of carboxylic acid groups (broad SMARTS) is 1. The molecule has 1 heterocycles. The predicted octanol–water partition coefficient (Wildman–Crippen LogP) is 2.38. The first-order valence-electron chi connectivity index (χ1n) is 7.80. The highest BCUT2D eigenvalue weighted by molar-refractivity contribution is 7.98. The van der Waals surface area contributed by atoms with Crippen LogP contribution in [-0.4, -0.2) is 40.0 Å². The second-order valence-corrected chi connectivity index (χ2v) is 6.33. The van der Waals surface area contributed by atoms with Gasteiger partial charge < -0.3 is 15.7 Å². The van der Waals surface area contributed by atoms with Gasteiger partial charge in [-0.15, -0.1) is 0 Å². The van der Waals surface area contributed by atoms with Crippen molar-refractivity contribution < 1.29 is 14.7 Å². The predicted molar refractivity (Wildman–Crippen MR) is 102 cm³/mol. The number of aromatic nitrogens is 1. The van der Waals surface area contributed by atoms with Crippen molar-refractivity contribution in [2.75, 3.05) is 17.3 Å². The van der Waals surface area contributed by atoms with Crippen molar-refractivity contribution in [2.24, 2.45) is 0 Å². The number of rotatable bonds is 8. The van der Waals surface area contributed by atoms with E-state index in [1.54, 1.807) is 18.3 Å². The molecule has 0 saturated carbocycles. The summed E-state index contributed by atoms with van der Waals surface area (Å²) in [6, 6.07) is 9.97. The molecule has 26 heavy (non-hydrogen) atoms. The van der Waals surface area contributed by atoms with E-state index in [0.717, 1.165) is 5.39 Å². The normalized spacial score (nSPS) is 12.2. The first-order chi connectivity index (χ1) is 12.6. The highest BCUT2D eigenvalue weighted by atomic mass is 32.2. The molecule has 2 aromatic rings. The maximum atomic E-state index is 12.2. The zero-order valence-corrected chi connectivity index (χ0v) is 14.9. The summed E-state index contributed by atoms with van der Waals surface area (Å²) in [5.41, 5.74) is 1.13. The number of benzene rings is 1. The summed E-state index contributed by atoms with van der Waals surface area (Å²) in [6.45, 7) is 0. The van der Waals surface area contributed by atoms with Crippen LogP contribution in [0, 0.1) is 11.3 Å². The molecule has 7 nitrogen and oxygen atoms in total. The van der Waals surface area contributed by atoms with Crippen LogP contribution in [0.15, 0.2) is 48.3 Å². The molecule has 1 unspecified atom stereocenters. The summed E-state index contributed by atoms with van der Waals surface area (Å²) >= 11 is 1.48. The van der Waals surface area contributed by atoms with Gasteiger partial charge in [0.05, 0.1) is 11.2 Å². The molecule has 0 saturated heterocycles. The smallest absolute Gasteiger partial charge is 0.326 e. The summed E-state index contributed by atoms with van der Waals surface area (Å²) in [5.74, 6) is -1.28. The van der Waals surface area contributed by atoms with Crippen molar-refractivity contribution in [3.05, 3.63) is 48.3 Å². The number of amides is 1. The van der Waals surface area contributed by atoms with E-state index < -0.39 is 17.9 Å². The Morgan fingerprint density at radius 2 is 2.15 bits per heavy atom. The number of nitriles is 1. The molecule has 0 aliphatic carbocycles. The van der Waals surface area contributed by atoms with Gasteiger partial charge in [0, 0.05) is 17.8 Å². The number of hydrogen-bond acceptors (Lipinski definition) is 6. The van der Waals surface area contributed by atoms with Crippen molar-refractivity contribution in [3.8, 4) is 6.07 Å². The van der Waals surface area contributed by atoms with E-state index in [9.17, 15) is 20.0 Å². The fraction of sp³-hybridized carbons (Fsp3) is 0.222. The molecule has 1 aromatic heterocycles. The zero-order valence-electron chi connectivity index (χ0n) is 14.1. The van der Waals surface area contributed by atoms with Gasteiger partial charge in [-0.25, -0.2) is 4.79 Å². The molecule has 0 fully saturated rings.